The average Bonchev–Trinajstić information content (AvgIpc) is 2.76. The van der Waals surface area contributed by atoms with Gasteiger partial charge in [0.25, 0.3) is 0 Å². The third kappa shape index (κ3) is 3.14. The maximum absolute atomic E-state index is 5.66. The first-order valence-corrected chi connectivity index (χ1v) is 6.15. The van der Waals surface area contributed by atoms with E-state index in [2.05, 4.69) is 22.1 Å². The first kappa shape index (κ1) is 12.3. The molecule has 1 atom stereocenters. The van der Waals surface area contributed by atoms with Crippen molar-refractivity contribution in [3.05, 3.63) is 17.8 Å². The summed E-state index contributed by atoms with van der Waals surface area (Å²) in [4.78, 5) is 2.39. The maximum Gasteiger partial charge on any atom is 0.237 e. The van der Waals surface area contributed by atoms with Gasteiger partial charge in [0.1, 0.15) is 0 Å². The van der Waals surface area contributed by atoms with Crippen molar-refractivity contribution in [3.8, 4) is 5.88 Å². The van der Waals surface area contributed by atoms with Gasteiger partial charge in [0.05, 0.1) is 12.8 Å². The van der Waals surface area contributed by atoms with Gasteiger partial charge in [-0.2, -0.15) is 5.10 Å². The number of ether oxygens (including phenoxy) is 1. The summed E-state index contributed by atoms with van der Waals surface area (Å²) in [6, 6.07) is 2.50. The molecule has 0 aliphatic carbocycles. The van der Waals surface area contributed by atoms with E-state index in [1.165, 1.54) is 19.4 Å². The first-order valence-electron chi connectivity index (χ1n) is 6.15. The predicted molar refractivity (Wildman–Crippen MR) is 65.7 cm³/mol. The second-order valence-electron chi connectivity index (χ2n) is 4.48. The molecule has 2 heterocycles. The number of aromatic nitrogens is 2. The van der Waals surface area contributed by atoms with Crippen LogP contribution in [0.15, 0.2) is 12.3 Å². The van der Waals surface area contributed by atoms with Crippen LogP contribution in [0.2, 0.25) is 0 Å². The molecule has 5 heteroatoms. The molecule has 0 amide bonds. The SMILES string of the molecule is CN1CCCC1CCOc1nnccc1CN. The molecule has 0 radical (unpaired) electrons. The number of nitrogens with zero attached hydrogens (tertiary/aromatic N) is 3. The first-order chi connectivity index (χ1) is 8.31. The lowest BCUT2D eigenvalue weighted by Gasteiger charge is -2.19. The van der Waals surface area contributed by atoms with Crippen molar-refractivity contribution in [3.63, 3.8) is 0 Å². The van der Waals surface area contributed by atoms with Crippen LogP contribution in [-0.2, 0) is 6.54 Å². The van der Waals surface area contributed by atoms with Gasteiger partial charge in [-0.15, -0.1) is 5.10 Å². The lowest BCUT2D eigenvalue weighted by atomic mass is 10.1. The van der Waals surface area contributed by atoms with Gasteiger partial charge >= 0.3 is 0 Å². The van der Waals surface area contributed by atoms with Crippen LogP contribution in [0.3, 0.4) is 0 Å². The van der Waals surface area contributed by atoms with Crippen LogP contribution < -0.4 is 10.5 Å². The second-order valence-corrected chi connectivity index (χ2v) is 4.48. The van der Waals surface area contributed by atoms with Crippen molar-refractivity contribution in [1.82, 2.24) is 15.1 Å². The molecule has 17 heavy (non-hydrogen) atoms. The fourth-order valence-electron chi connectivity index (χ4n) is 2.26. The zero-order chi connectivity index (χ0) is 12.1. The predicted octanol–water partition coefficient (Wildman–Crippen LogP) is 0.798. The third-order valence-corrected chi connectivity index (χ3v) is 3.35. The van der Waals surface area contributed by atoms with E-state index < -0.39 is 0 Å². The molecule has 1 aliphatic heterocycles. The molecular formula is C12H20N4O. The summed E-state index contributed by atoms with van der Waals surface area (Å²) in [5, 5.41) is 7.78. The van der Waals surface area contributed by atoms with Crippen LogP contribution >= 0.6 is 0 Å². The van der Waals surface area contributed by atoms with E-state index >= 15 is 0 Å². The molecule has 0 spiro atoms. The second kappa shape index (κ2) is 5.93. The quantitative estimate of drug-likeness (QED) is 0.819. The van der Waals surface area contributed by atoms with Crippen molar-refractivity contribution in [2.45, 2.75) is 31.8 Å². The summed E-state index contributed by atoms with van der Waals surface area (Å²) < 4.78 is 5.66. The van der Waals surface area contributed by atoms with E-state index in [0.717, 1.165) is 12.0 Å². The molecule has 5 nitrogen and oxygen atoms in total. The highest BCUT2D eigenvalue weighted by molar-refractivity contribution is 5.22. The Morgan fingerprint density at radius 1 is 1.59 bits per heavy atom. The standard InChI is InChI=1S/C12H20N4O/c1-16-7-2-3-11(16)5-8-17-12-10(9-13)4-6-14-15-12/h4,6,11H,2-3,5,7-9,13H2,1H3. The van der Waals surface area contributed by atoms with Gasteiger partial charge in [-0.3, -0.25) is 0 Å². The molecule has 1 unspecified atom stereocenters. The van der Waals surface area contributed by atoms with Crippen molar-refractivity contribution in [2.75, 3.05) is 20.2 Å². The molecule has 1 saturated heterocycles. The van der Waals surface area contributed by atoms with Gasteiger partial charge in [-0.1, -0.05) is 0 Å². The summed E-state index contributed by atoms with van der Waals surface area (Å²) in [5.74, 6) is 0.579. The van der Waals surface area contributed by atoms with Gasteiger partial charge in [0, 0.05) is 18.2 Å². The molecule has 2 rings (SSSR count). The lowest BCUT2D eigenvalue weighted by molar-refractivity contribution is 0.226. The van der Waals surface area contributed by atoms with Crippen molar-refractivity contribution >= 4 is 0 Å². The minimum Gasteiger partial charge on any atom is -0.476 e. The third-order valence-electron chi connectivity index (χ3n) is 3.35. The summed E-state index contributed by atoms with van der Waals surface area (Å²) in [6.45, 7) is 2.32. The topological polar surface area (TPSA) is 64.3 Å². The van der Waals surface area contributed by atoms with Crippen molar-refractivity contribution in [1.29, 1.82) is 0 Å². The van der Waals surface area contributed by atoms with Crippen LogP contribution in [0.5, 0.6) is 5.88 Å². The normalized spacial score (nSPS) is 20.7. The maximum atomic E-state index is 5.66. The molecule has 2 N–H and O–H groups in total. The van der Waals surface area contributed by atoms with Gasteiger partial charge in [0.15, 0.2) is 0 Å². The molecule has 0 bridgehead atoms. The Hall–Kier alpha value is -1.20. The Bertz CT molecular complexity index is 358. The Morgan fingerprint density at radius 3 is 3.18 bits per heavy atom. The minimum absolute atomic E-state index is 0.439. The molecule has 1 aromatic heterocycles. The van der Waals surface area contributed by atoms with E-state index in [1.807, 2.05) is 6.07 Å². The monoisotopic (exact) mass is 236 g/mol. The summed E-state index contributed by atoms with van der Waals surface area (Å²) in [6.07, 6.45) is 5.24. The number of hydrogen-bond acceptors (Lipinski definition) is 5. The van der Waals surface area contributed by atoms with Gasteiger partial charge < -0.3 is 15.4 Å². The molecule has 1 aromatic rings. The molecule has 0 saturated carbocycles. The zero-order valence-corrected chi connectivity index (χ0v) is 10.3. The van der Waals surface area contributed by atoms with E-state index in [9.17, 15) is 0 Å². The van der Waals surface area contributed by atoms with Crippen LogP contribution in [0.4, 0.5) is 0 Å². The summed E-state index contributed by atoms with van der Waals surface area (Å²) in [7, 11) is 2.17. The molecular weight excluding hydrogens is 216 g/mol. The number of nitrogens with two attached hydrogens (primary N) is 1. The van der Waals surface area contributed by atoms with E-state index in [4.69, 9.17) is 10.5 Å². The largest absolute Gasteiger partial charge is 0.476 e. The van der Waals surface area contributed by atoms with Crippen LogP contribution in [0, 0.1) is 0 Å². The number of hydrogen-bond donors (Lipinski definition) is 1. The highest BCUT2D eigenvalue weighted by Gasteiger charge is 2.20. The number of likely N-dealkylation sites (tertiary alicyclic amines) is 1. The smallest absolute Gasteiger partial charge is 0.237 e. The zero-order valence-electron chi connectivity index (χ0n) is 10.3. The lowest BCUT2D eigenvalue weighted by Crippen LogP contribution is -2.26. The Kier molecular flexibility index (Phi) is 4.28. The molecule has 94 valence electrons. The average molecular weight is 236 g/mol. The van der Waals surface area contributed by atoms with Crippen LogP contribution in [-0.4, -0.2) is 41.3 Å². The Morgan fingerprint density at radius 2 is 2.47 bits per heavy atom. The van der Waals surface area contributed by atoms with E-state index in [1.54, 1.807) is 6.20 Å². The Labute approximate surface area is 102 Å². The van der Waals surface area contributed by atoms with Crippen LogP contribution in [0.25, 0.3) is 0 Å². The highest BCUT2D eigenvalue weighted by atomic mass is 16.5. The van der Waals surface area contributed by atoms with E-state index in [0.29, 0.717) is 25.1 Å². The van der Waals surface area contributed by atoms with E-state index in [-0.39, 0.29) is 0 Å². The minimum atomic E-state index is 0.439. The molecule has 0 aromatic carbocycles. The Balaban J connectivity index is 1.81. The molecule has 1 aliphatic rings. The fourth-order valence-corrected chi connectivity index (χ4v) is 2.26. The van der Waals surface area contributed by atoms with Crippen molar-refractivity contribution in [2.24, 2.45) is 5.73 Å². The van der Waals surface area contributed by atoms with Crippen LogP contribution in [0.1, 0.15) is 24.8 Å². The van der Waals surface area contributed by atoms with Crippen molar-refractivity contribution < 1.29 is 4.74 Å². The summed E-state index contributed by atoms with van der Waals surface area (Å²) in [5.41, 5.74) is 6.53. The van der Waals surface area contributed by atoms with Gasteiger partial charge in [-0.05, 0) is 38.9 Å². The number of rotatable bonds is 5. The van der Waals surface area contributed by atoms with Gasteiger partial charge in [-0.25, -0.2) is 0 Å². The molecule has 1 fully saturated rings. The van der Waals surface area contributed by atoms with Gasteiger partial charge in [0.2, 0.25) is 5.88 Å². The summed E-state index contributed by atoms with van der Waals surface area (Å²) >= 11 is 0. The highest BCUT2D eigenvalue weighted by Crippen LogP contribution is 2.19. The fraction of sp³-hybridized carbons (Fsp3) is 0.667.